The number of aryl methyl sites for hydroxylation is 1. The molecule has 0 aliphatic rings. The summed E-state index contributed by atoms with van der Waals surface area (Å²) in [6.07, 6.45) is 1.87. The Labute approximate surface area is 117 Å². The standard InChI is InChI=1S/C14H17N3O3/c1-9-8-15-17-14(9)16-13(18)6-10-4-5-11(19-2)7-12(10)20-3/h4-5,7-8H,6H2,1-3H3,(H2,15,16,17,18). The lowest BCUT2D eigenvalue weighted by molar-refractivity contribution is -0.115. The second-order valence-corrected chi connectivity index (χ2v) is 4.33. The SMILES string of the molecule is COc1ccc(CC(=O)Nc2[nH]ncc2C)c(OC)c1. The molecule has 0 bridgehead atoms. The molecule has 0 aliphatic heterocycles. The molecule has 2 aromatic rings. The molecule has 20 heavy (non-hydrogen) atoms. The van der Waals surface area contributed by atoms with Crippen molar-refractivity contribution in [2.75, 3.05) is 19.5 Å². The number of ether oxygens (including phenoxy) is 2. The van der Waals surface area contributed by atoms with Crippen LogP contribution in [0.1, 0.15) is 11.1 Å². The maximum Gasteiger partial charge on any atom is 0.230 e. The number of carbonyl (C=O) groups is 1. The molecule has 0 saturated carbocycles. The van der Waals surface area contributed by atoms with Crippen LogP contribution in [0, 0.1) is 6.92 Å². The summed E-state index contributed by atoms with van der Waals surface area (Å²) in [6, 6.07) is 5.37. The Bertz CT molecular complexity index is 607. The molecule has 2 N–H and O–H groups in total. The van der Waals surface area contributed by atoms with Crippen molar-refractivity contribution in [2.45, 2.75) is 13.3 Å². The summed E-state index contributed by atoms with van der Waals surface area (Å²) in [5, 5.41) is 9.37. The highest BCUT2D eigenvalue weighted by molar-refractivity contribution is 5.92. The van der Waals surface area contributed by atoms with Gasteiger partial charge in [-0.05, 0) is 13.0 Å². The average Bonchev–Trinajstić information content (AvgIpc) is 2.84. The molecule has 1 heterocycles. The summed E-state index contributed by atoms with van der Waals surface area (Å²) in [4.78, 5) is 12.0. The van der Waals surface area contributed by atoms with E-state index in [1.54, 1.807) is 32.5 Å². The number of hydrogen-bond donors (Lipinski definition) is 2. The minimum atomic E-state index is -0.138. The predicted octanol–water partition coefficient (Wildman–Crippen LogP) is 1.92. The fourth-order valence-electron chi connectivity index (χ4n) is 1.83. The van der Waals surface area contributed by atoms with Gasteiger partial charge < -0.3 is 14.8 Å². The third-order valence-electron chi connectivity index (χ3n) is 2.94. The number of nitrogens with zero attached hydrogens (tertiary/aromatic N) is 1. The number of aromatic amines is 1. The first-order chi connectivity index (χ1) is 9.63. The van der Waals surface area contributed by atoms with Gasteiger partial charge in [0.1, 0.15) is 17.3 Å². The van der Waals surface area contributed by atoms with Crippen LogP contribution in [-0.2, 0) is 11.2 Å². The van der Waals surface area contributed by atoms with E-state index in [-0.39, 0.29) is 12.3 Å². The van der Waals surface area contributed by atoms with Gasteiger partial charge in [-0.2, -0.15) is 5.10 Å². The van der Waals surface area contributed by atoms with Crippen LogP contribution in [0.15, 0.2) is 24.4 Å². The van der Waals surface area contributed by atoms with Crippen LogP contribution in [0.3, 0.4) is 0 Å². The van der Waals surface area contributed by atoms with Crippen LogP contribution < -0.4 is 14.8 Å². The highest BCUT2D eigenvalue weighted by Gasteiger charge is 2.11. The summed E-state index contributed by atoms with van der Waals surface area (Å²) in [5.74, 6) is 1.79. The minimum absolute atomic E-state index is 0.138. The number of nitrogens with one attached hydrogen (secondary N) is 2. The predicted molar refractivity (Wildman–Crippen MR) is 75.2 cm³/mol. The van der Waals surface area contributed by atoms with Crippen molar-refractivity contribution in [3.05, 3.63) is 35.5 Å². The maximum absolute atomic E-state index is 12.0. The van der Waals surface area contributed by atoms with Crippen LogP contribution in [0.25, 0.3) is 0 Å². The lowest BCUT2D eigenvalue weighted by Crippen LogP contribution is -2.15. The van der Waals surface area contributed by atoms with E-state index in [0.29, 0.717) is 17.3 Å². The van der Waals surface area contributed by atoms with Gasteiger partial charge >= 0.3 is 0 Å². The van der Waals surface area contributed by atoms with Gasteiger partial charge in [0, 0.05) is 17.2 Å². The fourth-order valence-corrected chi connectivity index (χ4v) is 1.83. The molecule has 0 aliphatic carbocycles. The van der Waals surface area contributed by atoms with Crippen molar-refractivity contribution in [1.29, 1.82) is 0 Å². The highest BCUT2D eigenvalue weighted by Crippen LogP contribution is 2.25. The molecule has 0 fully saturated rings. The van der Waals surface area contributed by atoms with Crippen LogP contribution in [0.2, 0.25) is 0 Å². The Balaban J connectivity index is 2.09. The van der Waals surface area contributed by atoms with Gasteiger partial charge in [0.2, 0.25) is 5.91 Å². The van der Waals surface area contributed by atoms with E-state index < -0.39 is 0 Å². The number of amides is 1. The number of aromatic nitrogens is 2. The van der Waals surface area contributed by atoms with E-state index >= 15 is 0 Å². The highest BCUT2D eigenvalue weighted by atomic mass is 16.5. The van der Waals surface area contributed by atoms with E-state index in [2.05, 4.69) is 15.5 Å². The van der Waals surface area contributed by atoms with Gasteiger partial charge in [0.25, 0.3) is 0 Å². The zero-order valence-electron chi connectivity index (χ0n) is 11.7. The number of benzene rings is 1. The van der Waals surface area contributed by atoms with Gasteiger partial charge in [-0.15, -0.1) is 0 Å². The van der Waals surface area contributed by atoms with Crippen molar-refractivity contribution in [2.24, 2.45) is 0 Å². The Hall–Kier alpha value is -2.50. The quantitative estimate of drug-likeness (QED) is 0.874. The third kappa shape index (κ3) is 3.09. The number of H-pyrrole nitrogens is 1. The molecule has 0 unspecified atom stereocenters. The Morgan fingerprint density at radius 1 is 1.35 bits per heavy atom. The van der Waals surface area contributed by atoms with E-state index in [0.717, 1.165) is 11.1 Å². The van der Waals surface area contributed by atoms with Crippen LogP contribution >= 0.6 is 0 Å². The van der Waals surface area contributed by atoms with Gasteiger partial charge in [-0.3, -0.25) is 9.89 Å². The molecule has 1 amide bonds. The maximum atomic E-state index is 12.0. The van der Waals surface area contributed by atoms with E-state index in [4.69, 9.17) is 9.47 Å². The first kappa shape index (κ1) is 13.9. The molecule has 6 heteroatoms. The van der Waals surface area contributed by atoms with Gasteiger partial charge in [-0.25, -0.2) is 0 Å². The normalized spacial score (nSPS) is 10.2. The van der Waals surface area contributed by atoms with Gasteiger partial charge in [-0.1, -0.05) is 6.07 Å². The molecule has 1 aromatic heterocycles. The number of methoxy groups -OCH3 is 2. The summed E-state index contributed by atoms with van der Waals surface area (Å²) >= 11 is 0. The molecular weight excluding hydrogens is 258 g/mol. The summed E-state index contributed by atoms with van der Waals surface area (Å²) < 4.78 is 10.4. The summed E-state index contributed by atoms with van der Waals surface area (Å²) in [6.45, 7) is 1.87. The molecular formula is C14H17N3O3. The van der Waals surface area contributed by atoms with Crippen molar-refractivity contribution in [3.8, 4) is 11.5 Å². The molecule has 0 atom stereocenters. The monoisotopic (exact) mass is 275 g/mol. The zero-order valence-corrected chi connectivity index (χ0v) is 11.7. The first-order valence-electron chi connectivity index (χ1n) is 6.14. The smallest absolute Gasteiger partial charge is 0.230 e. The molecule has 106 valence electrons. The summed E-state index contributed by atoms with van der Waals surface area (Å²) in [7, 11) is 3.15. The lowest BCUT2D eigenvalue weighted by atomic mass is 10.1. The molecule has 6 nitrogen and oxygen atoms in total. The van der Waals surface area contributed by atoms with Gasteiger partial charge in [0.15, 0.2) is 0 Å². The molecule has 2 rings (SSSR count). The van der Waals surface area contributed by atoms with Crippen molar-refractivity contribution >= 4 is 11.7 Å². The number of anilines is 1. The minimum Gasteiger partial charge on any atom is -0.497 e. The van der Waals surface area contributed by atoms with E-state index in [9.17, 15) is 4.79 Å². The topological polar surface area (TPSA) is 76.2 Å². The largest absolute Gasteiger partial charge is 0.497 e. The second-order valence-electron chi connectivity index (χ2n) is 4.33. The van der Waals surface area contributed by atoms with Crippen LogP contribution in [0.4, 0.5) is 5.82 Å². The van der Waals surface area contributed by atoms with Gasteiger partial charge in [0.05, 0.1) is 26.8 Å². The first-order valence-corrected chi connectivity index (χ1v) is 6.14. The van der Waals surface area contributed by atoms with Crippen LogP contribution in [0.5, 0.6) is 11.5 Å². The Morgan fingerprint density at radius 2 is 2.15 bits per heavy atom. The van der Waals surface area contributed by atoms with Crippen LogP contribution in [-0.4, -0.2) is 30.3 Å². The van der Waals surface area contributed by atoms with Crippen molar-refractivity contribution in [1.82, 2.24) is 10.2 Å². The molecule has 0 radical (unpaired) electrons. The number of carbonyl (C=O) groups excluding carboxylic acids is 1. The fraction of sp³-hybridized carbons (Fsp3) is 0.286. The lowest BCUT2D eigenvalue weighted by Gasteiger charge is -2.10. The Morgan fingerprint density at radius 3 is 2.75 bits per heavy atom. The molecule has 1 aromatic carbocycles. The Kier molecular flexibility index (Phi) is 4.24. The third-order valence-corrected chi connectivity index (χ3v) is 2.94. The number of rotatable bonds is 5. The second kappa shape index (κ2) is 6.10. The van der Waals surface area contributed by atoms with E-state index in [1.165, 1.54) is 0 Å². The van der Waals surface area contributed by atoms with Crippen molar-refractivity contribution in [3.63, 3.8) is 0 Å². The zero-order chi connectivity index (χ0) is 14.5. The van der Waals surface area contributed by atoms with Crippen molar-refractivity contribution < 1.29 is 14.3 Å². The average molecular weight is 275 g/mol. The molecule has 0 spiro atoms. The molecule has 0 saturated heterocycles. The summed E-state index contributed by atoms with van der Waals surface area (Å²) in [5.41, 5.74) is 1.68. The van der Waals surface area contributed by atoms with E-state index in [1.807, 2.05) is 13.0 Å². The number of hydrogen-bond acceptors (Lipinski definition) is 4.